The zero-order chi connectivity index (χ0) is 23.1. The number of piperazine rings is 1. The van der Waals surface area contributed by atoms with E-state index < -0.39 is 17.4 Å². The number of likely N-dealkylation sites (N-methyl/N-ethyl adjacent to an activating group) is 1. The second kappa shape index (κ2) is 8.68. The van der Waals surface area contributed by atoms with E-state index in [1.165, 1.54) is 17.4 Å². The summed E-state index contributed by atoms with van der Waals surface area (Å²) in [6, 6.07) is 3.00. The van der Waals surface area contributed by atoms with Crippen LogP contribution >= 0.6 is 11.3 Å². The van der Waals surface area contributed by atoms with Crippen LogP contribution in [0.1, 0.15) is 22.9 Å². The standard InChI is InChI=1S/C23H24F2N6OS/c1-13-8-15-10-17(24)21(20(25)16(15)9-13)32-22-27-18(28-23-26-12-14(2)33-23)11-19(29-22)31-6-4-30(3)5-7-31/h9-12H,4-8H2,1-3H3,(H,26,27,28,29). The van der Waals surface area contributed by atoms with E-state index in [4.69, 9.17) is 4.74 Å². The van der Waals surface area contributed by atoms with Gasteiger partial charge < -0.3 is 19.9 Å². The maximum atomic E-state index is 15.1. The van der Waals surface area contributed by atoms with Crippen molar-refractivity contribution in [3.8, 4) is 11.8 Å². The molecule has 3 heterocycles. The lowest BCUT2D eigenvalue weighted by Crippen LogP contribution is -2.44. The number of nitrogens with one attached hydrogen (secondary N) is 1. The number of hydrogen-bond acceptors (Lipinski definition) is 8. The largest absolute Gasteiger partial charge is 0.418 e. The second-order valence-electron chi connectivity index (χ2n) is 8.43. The van der Waals surface area contributed by atoms with Gasteiger partial charge in [-0.15, -0.1) is 11.3 Å². The minimum atomic E-state index is -0.770. The molecule has 0 bridgehead atoms. The molecule has 1 aromatic carbocycles. The molecule has 1 saturated heterocycles. The van der Waals surface area contributed by atoms with Crippen LogP contribution in [0.2, 0.25) is 0 Å². The molecule has 0 atom stereocenters. The molecular formula is C23H24F2N6OS. The summed E-state index contributed by atoms with van der Waals surface area (Å²) in [5.74, 6) is -0.928. The molecule has 10 heteroatoms. The molecule has 2 aliphatic rings. The van der Waals surface area contributed by atoms with Crippen LogP contribution in [0.15, 0.2) is 23.9 Å². The van der Waals surface area contributed by atoms with Gasteiger partial charge in [0.15, 0.2) is 16.8 Å². The van der Waals surface area contributed by atoms with E-state index in [-0.39, 0.29) is 6.01 Å². The Bertz CT molecular complexity index is 1240. The van der Waals surface area contributed by atoms with E-state index in [0.29, 0.717) is 34.3 Å². The van der Waals surface area contributed by atoms with Crippen molar-refractivity contribution in [2.75, 3.05) is 43.4 Å². The van der Waals surface area contributed by atoms with Gasteiger partial charge in [0.05, 0.1) is 0 Å². The fraction of sp³-hybridized carbons (Fsp3) is 0.348. The highest BCUT2D eigenvalue weighted by atomic mass is 32.1. The number of hydrogen-bond donors (Lipinski definition) is 1. The number of fused-ring (bicyclic) bond motifs is 1. The summed E-state index contributed by atoms with van der Waals surface area (Å²) in [5, 5.41) is 3.82. The van der Waals surface area contributed by atoms with Crippen LogP contribution in [0.5, 0.6) is 11.8 Å². The molecule has 1 N–H and O–H groups in total. The van der Waals surface area contributed by atoms with Gasteiger partial charge in [-0.1, -0.05) is 11.6 Å². The van der Waals surface area contributed by atoms with Crippen LogP contribution < -0.4 is 15.0 Å². The highest BCUT2D eigenvalue weighted by Gasteiger charge is 2.24. The first-order valence-electron chi connectivity index (χ1n) is 10.7. The Morgan fingerprint density at radius 3 is 2.61 bits per heavy atom. The third-order valence-corrected chi connectivity index (χ3v) is 6.56. The molecule has 0 spiro atoms. The maximum absolute atomic E-state index is 15.1. The number of aromatic nitrogens is 3. The minimum Gasteiger partial charge on any atom is -0.418 e. The van der Waals surface area contributed by atoms with Gasteiger partial charge in [0.2, 0.25) is 5.75 Å². The fourth-order valence-electron chi connectivity index (χ4n) is 3.99. The Morgan fingerprint density at radius 2 is 1.88 bits per heavy atom. The molecule has 2 aromatic heterocycles. The first-order valence-corrected chi connectivity index (χ1v) is 11.6. The van der Waals surface area contributed by atoms with E-state index >= 15 is 4.39 Å². The van der Waals surface area contributed by atoms with E-state index in [1.807, 2.05) is 13.8 Å². The van der Waals surface area contributed by atoms with Crippen LogP contribution in [0, 0.1) is 18.6 Å². The number of nitrogens with zero attached hydrogens (tertiary/aromatic N) is 5. The van der Waals surface area contributed by atoms with Gasteiger partial charge in [-0.25, -0.2) is 13.8 Å². The average Bonchev–Trinajstić information content (AvgIpc) is 3.36. The number of benzene rings is 1. The summed E-state index contributed by atoms with van der Waals surface area (Å²) in [7, 11) is 2.07. The van der Waals surface area contributed by atoms with Crippen molar-refractivity contribution in [1.82, 2.24) is 19.9 Å². The summed E-state index contributed by atoms with van der Waals surface area (Å²) >= 11 is 1.48. The molecule has 0 unspecified atom stereocenters. The van der Waals surface area contributed by atoms with Gasteiger partial charge in [0, 0.05) is 48.9 Å². The molecule has 172 valence electrons. The second-order valence-corrected chi connectivity index (χ2v) is 9.66. The molecule has 1 aliphatic heterocycles. The van der Waals surface area contributed by atoms with Gasteiger partial charge in [0.1, 0.15) is 11.6 Å². The monoisotopic (exact) mass is 470 g/mol. The molecular weight excluding hydrogens is 446 g/mol. The first-order chi connectivity index (χ1) is 15.9. The summed E-state index contributed by atoms with van der Waals surface area (Å²) in [4.78, 5) is 18.6. The van der Waals surface area contributed by atoms with Crippen LogP contribution in [-0.4, -0.2) is 53.1 Å². The van der Waals surface area contributed by atoms with Crippen molar-refractivity contribution in [1.29, 1.82) is 0 Å². The van der Waals surface area contributed by atoms with E-state index in [2.05, 4.69) is 37.1 Å². The average molecular weight is 471 g/mol. The Morgan fingerprint density at radius 1 is 1.09 bits per heavy atom. The van der Waals surface area contributed by atoms with Crippen molar-refractivity contribution in [3.05, 3.63) is 51.5 Å². The summed E-state index contributed by atoms with van der Waals surface area (Å²) < 4.78 is 35.6. The molecule has 1 fully saturated rings. The van der Waals surface area contributed by atoms with Gasteiger partial charge >= 0.3 is 6.01 Å². The van der Waals surface area contributed by atoms with Crippen molar-refractivity contribution in [2.24, 2.45) is 0 Å². The van der Waals surface area contributed by atoms with Gasteiger partial charge in [0.25, 0.3) is 0 Å². The summed E-state index contributed by atoms with van der Waals surface area (Å²) in [6.07, 6.45) is 4.01. The van der Waals surface area contributed by atoms with E-state index in [0.717, 1.165) is 36.6 Å². The lowest BCUT2D eigenvalue weighted by atomic mass is 10.1. The van der Waals surface area contributed by atoms with E-state index in [9.17, 15) is 4.39 Å². The van der Waals surface area contributed by atoms with Gasteiger partial charge in [-0.2, -0.15) is 9.97 Å². The SMILES string of the molecule is CC1=Cc2c(cc(F)c(Oc3nc(Nc4ncc(C)s4)cc(N4CCN(C)CC4)n3)c2F)C1. The van der Waals surface area contributed by atoms with Gasteiger partial charge in [-0.3, -0.25) is 0 Å². The lowest BCUT2D eigenvalue weighted by molar-refractivity contribution is 0.311. The number of anilines is 3. The third-order valence-electron chi connectivity index (χ3n) is 5.73. The van der Waals surface area contributed by atoms with Crippen molar-refractivity contribution in [3.63, 3.8) is 0 Å². The smallest absolute Gasteiger partial charge is 0.326 e. The van der Waals surface area contributed by atoms with Crippen molar-refractivity contribution in [2.45, 2.75) is 20.3 Å². The molecule has 33 heavy (non-hydrogen) atoms. The number of thiazole rings is 1. The number of rotatable bonds is 5. The highest BCUT2D eigenvalue weighted by Crippen LogP contribution is 2.36. The Labute approximate surface area is 194 Å². The molecule has 0 radical (unpaired) electrons. The molecule has 0 amide bonds. The first kappa shape index (κ1) is 21.7. The molecule has 0 saturated carbocycles. The van der Waals surface area contributed by atoms with Crippen LogP contribution in [0.25, 0.3) is 6.08 Å². The quantitative estimate of drug-likeness (QED) is 0.576. The molecule has 5 rings (SSSR count). The van der Waals surface area contributed by atoms with Crippen LogP contribution in [0.3, 0.4) is 0 Å². The maximum Gasteiger partial charge on any atom is 0.326 e. The lowest BCUT2D eigenvalue weighted by Gasteiger charge is -2.33. The predicted octanol–water partition coefficient (Wildman–Crippen LogP) is 4.77. The summed E-state index contributed by atoms with van der Waals surface area (Å²) in [5.41, 5.74) is 1.94. The molecule has 7 nitrogen and oxygen atoms in total. The van der Waals surface area contributed by atoms with Crippen molar-refractivity contribution >= 4 is 34.2 Å². The Kier molecular flexibility index (Phi) is 5.71. The predicted molar refractivity (Wildman–Crippen MR) is 126 cm³/mol. The van der Waals surface area contributed by atoms with E-state index in [1.54, 1.807) is 18.3 Å². The van der Waals surface area contributed by atoms with Crippen LogP contribution in [-0.2, 0) is 6.42 Å². The minimum absolute atomic E-state index is 0.126. The normalized spacial score (nSPS) is 16.0. The van der Waals surface area contributed by atoms with Gasteiger partial charge in [-0.05, 0) is 38.9 Å². The number of aryl methyl sites for hydroxylation is 1. The number of halogens is 2. The molecule has 3 aromatic rings. The Balaban J connectivity index is 1.50. The number of allylic oxidation sites excluding steroid dienone is 1. The Hall–Kier alpha value is -3.11. The van der Waals surface area contributed by atoms with Crippen LogP contribution in [0.4, 0.5) is 25.5 Å². The number of ether oxygens (including phenoxy) is 1. The fourth-order valence-corrected chi connectivity index (χ4v) is 4.66. The highest BCUT2D eigenvalue weighted by molar-refractivity contribution is 7.15. The molecule has 1 aliphatic carbocycles. The third kappa shape index (κ3) is 4.53. The van der Waals surface area contributed by atoms with Crippen molar-refractivity contribution < 1.29 is 13.5 Å². The zero-order valence-electron chi connectivity index (χ0n) is 18.7. The topological polar surface area (TPSA) is 66.4 Å². The zero-order valence-corrected chi connectivity index (χ0v) is 19.5. The summed E-state index contributed by atoms with van der Waals surface area (Å²) in [6.45, 7) is 7.16.